The van der Waals surface area contributed by atoms with Crippen molar-refractivity contribution in [3.05, 3.63) is 46.2 Å². The van der Waals surface area contributed by atoms with Crippen molar-refractivity contribution in [2.75, 3.05) is 11.9 Å². The van der Waals surface area contributed by atoms with Gasteiger partial charge >= 0.3 is 12.1 Å². The highest BCUT2D eigenvalue weighted by atomic mass is 35.5. The van der Waals surface area contributed by atoms with E-state index in [2.05, 4.69) is 15.4 Å². The molecule has 2 aromatic rings. The lowest BCUT2D eigenvalue weighted by molar-refractivity contribution is -0.144. The maximum Gasteiger partial charge on any atom is 0.453 e. The first kappa shape index (κ1) is 18.1. The summed E-state index contributed by atoms with van der Waals surface area (Å²) in [6.07, 6.45) is -4.76. The standard InChI is InChI=1S/C15H13ClF3N5O2/c1-2-26-12(25)9-10(7-3-5-8(16)6-4-7)21-14-22-13(15(17,18)19)23-24(14)11(9)20/h3-6,10H,2,20H2,1H3,(H,21,22,23)/t10-/m0/s1. The van der Waals surface area contributed by atoms with Gasteiger partial charge in [0.1, 0.15) is 11.4 Å². The molecule has 0 saturated carbocycles. The number of carbonyl (C=O) groups excluding carboxylic acids is 1. The van der Waals surface area contributed by atoms with Crippen molar-refractivity contribution in [1.29, 1.82) is 0 Å². The van der Waals surface area contributed by atoms with E-state index in [-0.39, 0.29) is 23.9 Å². The summed E-state index contributed by atoms with van der Waals surface area (Å²) in [5.41, 5.74) is 6.42. The number of rotatable bonds is 3. The highest BCUT2D eigenvalue weighted by Crippen LogP contribution is 2.36. The average molecular weight is 388 g/mol. The highest BCUT2D eigenvalue weighted by molar-refractivity contribution is 6.30. The van der Waals surface area contributed by atoms with Crippen LogP contribution in [-0.2, 0) is 15.7 Å². The first-order chi connectivity index (χ1) is 12.2. The van der Waals surface area contributed by atoms with Gasteiger partial charge in [0.25, 0.3) is 5.82 Å². The number of halogens is 4. The molecule has 0 spiro atoms. The normalized spacial score (nSPS) is 16.9. The highest BCUT2D eigenvalue weighted by Gasteiger charge is 2.41. The quantitative estimate of drug-likeness (QED) is 0.786. The molecule has 0 aliphatic carbocycles. The molecule has 138 valence electrons. The number of carbonyl (C=O) groups is 1. The first-order valence-corrected chi connectivity index (χ1v) is 7.83. The lowest BCUT2D eigenvalue weighted by atomic mass is 9.97. The zero-order chi connectivity index (χ0) is 19.1. The fourth-order valence-electron chi connectivity index (χ4n) is 2.49. The predicted octanol–water partition coefficient (Wildman–Crippen LogP) is 2.81. The number of nitrogens with two attached hydrogens (primary N) is 1. The second-order valence-corrected chi connectivity index (χ2v) is 5.75. The molecule has 1 aromatic heterocycles. The number of esters is 1. The van der Waals surface area contributed by atoms with E-state index in [1.165, 1.54) is 0 Å². The topological polar surface area (TPSA) is 95.1 Å². The number of benzene rings is 1. The van der Waals surface area contributed by atoms with E-state index >= 15 is 0 Å². The molecule has 26 heavy (non-hydrogen) atoms. The summed E-state index contributed by atoms with van der Waals surface area (Å²) >= 11 is 5.86. The molecule has 1 aliphatic heterocycles. The van der Waals surface area contributed by atoms with Gasteiger partial charge in [0, 0.05) is 5.02 Å². The van der Waals surface area contributed by atoms with E-state index in [4.69, 9.17) is 22.1 Å². The van der Waals surface area contributed by atoms with Crippen LogP contribution in [0.3, 0.4) is 0 Å². The van der Waals surface area contributed by atoms with Crippen molar-refractivity contribution in [2.24, 2.45) is 5.73 Å². The largest absolute Gasteiger partial charge is 0.462 e. The maximum absolute atomic E-state index is 12.9. The Hall–Kier alpha value is -2.75. The summed E-state index contributed by atoms with van der Waals surface area (Å²) in [7, 11) is 0. The SMILES string of the molecule is CCOC(=O)C1=C(N)n2nc(C(F)(F)F)nc2N[C@H]1c1ccc(Cl)cc1. The second kappa shape index (κ2) is 6.52. The van der Waals surface area contributed by atoms with Gasteiger partial charge in [-0.3, -0.25) is 0 Å². The van der Waals surface area contributed by atoms with Gasteiger partial charge in [-0.05, 0) is 24.6 Å². The van der Waals surface area contributed by atoms with Gasteiger partial charge in [0.05, 0.1) is 12.6 Å². The number of nitrogens with one attached hydrogen (secondary N) is 1. The van der Waals surface area contributed by atoms with Crippen LogP contribution in [0.25, 0.3) is 5.82 Å². The lowest BCUT2D eigenvalue weighted by Crippen LogP contribution is -2.32. The molecule has 0 radical (unpaired) electrons. The van der Waals surface area contributed by atoms with Gasteiger partial charge in [0.2, 0.25) is 5.95 Å². The number of hydrogen-bond donors (Lipinski definition) is 2. The summed E-state index contributed by atoms with van der Waals surface area (Å²) in [6, 6.07) is 5.52. The van der Waals surface area contributed by atoms with Crippen molar-refractivity contribution in [3.63, 3.8) is 0 Å². The molecule has 0 fully saturated rings. The zero-order valence-electron chi connectivity index (χ0n) is 13.3. The van der Waals surface area contributed by atoms with Gasteiger partial charge < -0.3 is 15.8 Å². The molecule has 2 heterocycles. The first-order valence-electron chi connectivity index (χ1n) is 7.45. The minimum absolute atomic E-state index is 0.0692. The van der Waals surface area contributed by atoms with Crippen LogP contribution in [0, 0.1) is 0 Å². The van der Waals surface area contributed by atoms with Crippen LogP contribution in [0.1, 0.15) is 24.4 Å². The van der Waals surface area contributed by atoms with E-state index in [9.17, 15) is 18.0 Å². The summed E-state index contributed by atoms with van der Waals surface area (Å²) in [5, 5.41) is 6.56. The van der Waals surface area contributed by atoms with Crippen LogP contribution < -0.4 is 11.1 Å². The minimum atomic E-state index is -4.76. The number of nitrogens with zero attached hydrogens (tertiary/aromatic N) is 3. The fourth-order valence-corrected chi connectivity index (χ4v) is 2.62. The summed E-state index contributed by atoms with van der Waals surface area (Å²) in [5.74, 6) is -2.67. The molecule has 0 amide bonds. The molecule has 1 aliphatic rings. The zero-order valence-corrected chi connectivity index (χ0v) is 14.1. The number of ether oxygens (including phenoxy) is 1. The van der Waals surface area contributed by atoms with Crippen LogP contribution in [0.15, 0.2) is 29.8 Å². The van der Waals surface area contributed by atoms with Crippen LogP contribution in [-0.4, -0.2) is 27.3 Å². The molecule has 7 nitrogen and oxygen atoms in total. The minimum Gasteiger partial charge on any atom is -0.462 e. The number of aromatic nitrogens is 3. The molecule has 0 saturated heterocycles. The Kier molecular flexibility index (Phi) is 4.53. The molecule has 3 N–H and O–H groups in total. The van der Waals surface area contributed by atoms with Crippen LogP contribution in [0.5, 0.6) is 0 Å². The van der Waals surface area contributed by atoms with E-state index in [1.807, 2.05) is 0 Å². The third-order valence-corrected chi connectivity index (χ3v) is 3.88. The van der Waals surface area contributed by atoms with Crippen molar-refractivity contribution in [2.45, 2.75) is 19.1 Å². The van der Waals surface area contributed by atoms with Gasteiger partial charge in [-0.1, -0.05) is 23.7 Å². The molecule has 1 aromatic carbocycles. The number of fused-ring (bicyclic) bond motifs is 1. The molecular formula is C15H13ClF3N5O2. The Labute approximate surface area is 150 Å². The molecule has 11 heteroatoms. The van der Waals surface area contributed by atoms with Crippen molar-refractivity contribution in [3.8, 4) is 0 Å². The van der Waals surface area contributed by atoms with Crippen LogP contribution in [0.4, 0.5) is 19.1 Å². The lowest BCUT2D eigenvalue weighted by Gasteiger charge is -2.27. The Morgan fingerprint density at radius 2 is 2.04 bits per heavy atom. The number of anilines is 1. The van der Waals surface area contributed by atoms with E-state index in [0.29, 0.717) is 10.6 Å². The van der Waals surface area contributed by atoms with Crippen molar-refractivity contribution in [1.82, 2.24) is 14.8 Å². The van der Waals surface area contributed by atoms with Gasteiger partial charge in [-0.25, -0.2) is 4.79 Å². The Bertz CT molecular complexity index is 876. The predicted molar refractivity (Wildman–Crippen MR) is 86.9 cm³/mol. The molecule has 0 unspecified atom stereocenters. The Morgan fingerprint density at radius 1 is 1.38 bits per heavy atom. The third-order valence-electron chi connectivity index (χ3n) is 3.63. The monoisotopic (exact) mass is 387 g/mol. The van der Waals surface area contributed by atoms with E-state index < -0.39 is 24.0 Å². The number of alkyl halides is 3. The smallest absolute Gasteiger partial charge is 0.453 e. The van der Waals surface area contributed by atoms with Crippen LogP contribution in [0.2, 0.25) is 5.02 Å². The molecule has 0 bridgehead atoms. The number of hydrogen-bond acceptors (Lipinski definition) is 6. The van der Waals surface area contributed by atoms with Gasteiger partial charge in [-0.2, -0.15) is 22.8 Å². The Morgan fingerprint density at radius 3 is 2.62 bits per heavy atom. The molecule has 3 rings (SSSR count). The summed E-state index contributed by atoms with van der Waals surface area (Å²) in [4.78, 5) is 15.8. The summed E-state index contributed by atoms with van der Waals surface area (Å²) in [6.45, 7) is 1.67. The maximum atomic E-state index is 12.9. The van der Waals surface area contributed by atoms with Gasteiger partial charge in [0.15, 0.2) is 0 Å². The second-order valence-electron chi connectivity index (χ2n) is 5.32. The van der Waals surface area contributed by atoms with E-state index in [1.54, 1.807) is 31.2 Å². The molecule has 1 atom stereocenters. The van der Waals surface area contributed by atoms with Crippen molar-refractivity contribution < 1.29 is 22.7 Å². The fraction of sp³-hybridized carbons (Fsp3) is 0.267. The molecular weight excluding hydrogens is 375 g/mol. The summed E-state index contributed by atoms with van der Waals surface area (Å²) < 4.78 is 44.5. The van der Waals surface area contributed by atoms with Crippen molar-refractivity contribution >= 4 is 29.3 Å². The van der Waals surface area contributed by atoms with Gasteiger partial charge in [-0.15, -0.1) is 5.10 Å². The van der Waals surface area contributed by atoms with Crippen LogP contribution >= 0.6 is 11.6 Å². The third kappa shape index (κ3) is 3.19. The Balaban J connectivity index is 2.13. The van der Waals surface area contributed by atoms with E-state index in [0.717, 1.165) is 4.68 Å². The average Bonchev–Trinajstić information content (AvgIpc) is 3.00.